The van der Waals surface area contributed by atoms with Crippen molar-refractivity contribution in [2.24, 2.45) is 0 Å². The molecule has 0 aliphatic carbocycles. The van der Waals surface area contributed by atoms with Gasteiger partial charge in [-0.15, -0.1) is 10.2 Å². The molecule has 0 unspecified atom stereocenters. The highest BCUT2D eigenvalue weighted by Crippen LogP contribution is 2.27. The van der Waals surface area contributed by atoms with Crippen LogP contribution in [0.1, 0.15) is 34.7 Å². The van der Waals surface area contributed by atoms with E-state index in [1.807, 2.05) is 38.1 Å². The Morgan fingerprint density at radius 2 is 2.00 bits per heavy atom. The van der Waals surface area contributed by atoms with E-state index in [1.165, 1.54) is 5.56 Å². The van der Waals surface area contributed by atoms with Crippen LogP contribution in [-0.4, -0.2) is 44.3 Å². The Labute approximate surface area is 180 Å². The average Bonchev–Trinajstić information content (AvgIpc) is 3.26. The molecule has 2 amide bonds. The normalized spacial score (nSPS) is 13.8. The number of urea groups is 1. The number of aliphatic hydroxyl groups is 1. The molecule has 0 spiro atoms. The highest BCUT2D eigenvalue weighted by molar-refractivity contribution is 5.90. The number of rotatable bonds is 4. The standard InChI is InChI=1S/C23H25N5O3/c1-14-4-5-19(11-15(14)2)25-23(30)28-8-6-17(7-9-28)21-16(3)10-18(12-24-21)22-27-26-20(13-29)31-22/h4-6,10-12,29H,7-9,13H2,1-3H3,(H,25,30). The van der Waals surface area contributed by atoms with Gasteiger partial charge in [0.05, 0.1) is 11.3 Å². The molecule has 0 bridgehead atoms. The largest absolute Gasteiger partial charge is 0.418 e. The monoisotopic (exact) mass is 419 g/mol. The highest BCUT2D eigenvalue weighted by Gasteiger charge is 2.20. The zero-order valence-electron chi connectivity index (χ0n) is 17.8. The summed E-state index contributed by atoms with van der Waals surface area (Å²) in [7, 11) is 0. The minimum Gasteiger partial charge on any atom is -0.418 e. The van der Waals surface area contributed by atoms with Gasteiger partial charge >= 0.3 is 6.03 Å². The van der Waals surface area contributed by atoms with E-state index >= 15 is 0 Å². The van der Waals surface area contributed by atoms with E-state index in [1.54, 1.807) is 11.1 Å². The van der Waals surface area contributed by atoms with Crippen LogP contribution in [0.2, 0.25) is 0 Å². The number of pyridine rings is 1. The Kier molecular flexibility index (Phi) is 5.81. The molecule has 4 rings (SSSR count). The summed E-state index contributed by atoms with van der Waals surface area (Å²) < 4.78 is 5.38. The van der Waals surface area contributed by atoms with Gasteiger partial charge in [-0.25, -0.2) is 4.79 Å². The molecule has 1 aliphatic rings. The summed E-state index contributed by atoms with van der Waals surface area (Å²) in [5.74, 6) is 0.504. The molecule has 3 heterocycles. The number of aryl methyl sites for hydroxylation is 3. The van der Waals surface area contributed by atoms with Crippen LogP contribution < -0.4 is 5.32 Å². The third-order valence-corrected chi connectivity index (χ3v) is 5.49. The molecule has 8 nitrogen and oxygen atoms in total. The minimum atomic E-state index is -0.294. The number of nitrogens with zero attached hydrogens (tertiary/aromatic N) is 4. The lowest BCUT2D eigenvalue weighted by molar-refractivity contribution is 0.217. The second-order valence-corrected chi connectivity index (χ2v) is 7.70. The van der Waals surface area contributed by atoms with Crippen LogP contribution >= 0.6 is 0 Å². The Bertz CT molecular complexity index is 1150. The van der Waals surface area contributed by atoms with Crippen molar-refractivity contribution < 1.29 is 14.3 Å². The molecule has 0 saturated heterocycles. The molecular weight excluding hydrogens is 394 g/mol. The first-order valence-electron chi connectivity index (χ1n) is 10.2. The minimum absolute atomic E-state index is 0.102. The molecule has 0 atom stereocenters. The predicted molar refractivity (Wildman–Crippen MR) is 117 cm³/mol. The molecule has 8 heteroatoms. The zero-order valence-corrected chi connectivity index (χ0v) is 17.8. The second-order valence-electron chi connectivity index (χ2n) is 7.70. The summed E-state index contributed by atoms with van der Waals surface area (Å²) in [6, 6.07) is 7.76. The van der Waals surface area contributed by atoms with Gasteiger partial charge in [-0.1, -0.05) is 12.1 Å². The van der Waals surface area contributed by atoms with Crippen molar-refractivity contribution in [3.05, 3.63) is 64.8 Å². The molecule has 2 aromatic heterocycles. The fourth-order valence-electron chi connectivity index (χ4n) is 3.55. The smallest absolute Gasteiger partial charge is 0.322 e. The number of nitrogens with one attached hydrogen (secondary N) is 1. The number of carbonyl (C=O) groups is 1. The Balaban J connectivity index is 1.43. The van der Waals surface area contributed by atoms with Crippen molar-refractivity contribution >= 4 is 17.3 Å². The first kappa shape index (κ1) is 20.7. The number of benzene rings is 1. The SMILES string of the molecule is Cc1ccc(NC(=O)N2CC=C(c3ncc(-c4nnc(CO)o4)cc3C)CC2)cc1C. The third kappa shape index (κ3) is 4.49. The van der Waals surface area contributed by atoms with Crippen LogP contribution in [0.3, 0.4) is 0 Å². The first-order valence-corrected chi connectivity index (χ1v) is 10.2. The van der Waals surface area contributed by atoms with Gasteiger partial charge in [-0.05, 0) is 67.7 Å². The van der Waals surface area contributed by atoms with E-state index < -0.39 is 0 Å². The molecule has 3 aromatic rings. The van der Waals surface area contributed by atoms with Gasteiger partial charge in [0.15, 0.2) is 0 Å². The highest BCUT2D eigenvalue weighted by atomic mass is 16.4. The Morgan fingerprint density at radius 3 is 2.65 bits per heavy atom. The van der Waals surface area contributed by atoms with Crippen LogP contribution in [0.15, 0.2) is 41.0 Å². The zero-order chi connectivity index (χ0) is 22.0. The molecule has 0 fully saturated rings. The third-order valence-electron chi connectivity index (χ3n) is 5.49. The summed E-state index contributed by atoms with van der Waals surface area (Å²) in [6.07, 6.45) is 4.47. The summed E-state index contributed by atoms with van der Waals surface area (Å²) in [5.41, 5.74) is 6.86. The van der Waals surface area contributed by atoms with E-state index in [9.17, 15) is 4.79 Å². The van der Waals surface area contributed by atoms with E-state index in [2.05, 4.69) is 33.5 Å². The number of amides is 2. The number of anilines is 1. The Morgan fingerprint density at radius 1 is 1.16 bits per heavy atom. The molecule has 1 aromatic carbocycles. The van der Waals surface area contributed by atoms with E-state index in [-0.39, 0.29) is 18.5 Å². The fourth-order valence-corrected chi connectivity index (χ4v) is 3.55. The maximum Gasteiger partial charge on any atom is 0.322 e. The van der Waals surface area contributed by atoms with Crippen LogP contribution in [0.5, 0.6) is 0 Å². The van der Waals surface area contributed by atoms with Crippen LogP contribution in [0.4, 0.5) is 10.5 Å². The summed E-state index contributed by atoms with van der Waals surface area (Å²) in [6.45, 7) is 6.92. The molecule has 0 radical (unpaired) electrons. The number of carbonyl (C=O) groups excluding carboxylic acids is 1. The number of hydrogen-bond donors (Lipinski definition) is 2. The summed E-state index contributed by atoms with van der Waals surface area (Å²) >= 11 is 0. The van der Waals surface area contributed by atoms with Gasteiger partial charge in [0.2, 0.25) is 11.8 Å². The quantitative estimate of drug-likeness (QED) is 0.665. The predicted octanol–water partition coefficient (Wildman–Crippen LogP) is 3.87. The summed E-state index contributed by atoms with van der Waals surface area (Å²) in [4.78, 5) is 19.0. The number of aliphatic hydroxyl groups excluding tert-OH is 1. The maximum absolute atomic E-state index is 12.6. The molecule has 160 valence electrons. The van der Waals surface area contributed by atoms with E-state index in [0.29, 0.717) is 24.5 Å². The van der Waals surface area contributed by atoms with Crippen molar-refractivity contribution in [3.63, 3.8) is 0 Å². The van der Waals surface area contributed by atoms with Crippen molar-refractivity contribution in [1.82, 2.24) is 20.1 Å². The van der Waals surface area contributed by atoms with Gasteiger partial charge in [-0.3, -0.25) is 4.98 Å². The fraction of sp³-hybridized carbons (Fsp3) is 0.304. The molecular formula is C23H25N5O3. The summed E-state index contributed by atoms with van der Waals surface area (Å²) in [5, 5.41) is 19.8. The topological polar surface area (TPSA) is 104 Å². The second kappa shape index (κ2) is 8.69. The number of aromatic nitrogens is 3. The van der Waals surface area contributed by atoms with Gasteiger partial charge in [-0.2, -0.15) is 0 Å². The maximum atomic E-state index is 12.6. The van der Waals surface area contributed by atoms with Gasteiger partial charge < -0.3 is 19.7 Å². The van der Waals surface area contributed by atoms with Crippen LogP contribution in [0.25, 0.3) is 17.0 Å². The van der Waals surface area contributed by atoms with Gasteiger partial charge in [0.1, 0.15) is 6.61 Å². The van der Waals surface area contributed by atoms with Crippen molar-refractivity contribution in [3.8, 4) is 11.5 Å². The van der Waals surface area contributed by atoms with Gasteiger partial charge in [0, 0.05) is 25.0 Å². The lowest BCUT2D eigenvalue weighted by Crippen LogP contribution is -2.38. The van der Waals surface area contributed by atoms with E-state index in [4.69, 9.17) is 9.52 Å². The van der Waals surface area contributed by atoms with Gasteiger partial charge in [0.25, 0.3) is 0 Å². The Hall–Kier alpha value is -3.52. The van der Waals surface area contributed by atoms with Crippen molar-refractivity contribution in [1.29, 1.82) is 0 Å². The lowest BCUT2D eigenvalue weighted by atomic mass is 10.00. The molecule has 0 saturated carbocycles. The molecule has 1 aliphatic heterocycles. The first-order chi connectivity index (χ1) is 14.9. The molecule has 2 N–H and O–H groups in total. The van der Waals surface area contributed by atoms with Crippen molar-refractivity contribution in [2.45, 2.75) is 33.8 Å². The number of hydrogen-bond acceptors (Lipinski definition) is 6. The van der Waals surface area contributed by atoms with Crippen LogP contribution in [0, 0.1) is 20.8 Å². The van der Waals surface area contributed by atoms with E-state index in [0.717, 1.165) is 34.5 Å². The van der Waals surface area contributed by atoms with Crippen molar-refractivity contribution in [2.75, 3.05) is 18.4 Å². The average molecular weight is 419 g/mol. The van der Waals surface area contributed by atoms with Crippen LogP contribution in [-0.2, 0) is 6.61 Å². The lowest BCUT2D eigenvalue weighted by Gasteiger charge is -2.27. The molecule has 31 heavy (non-hydrogen) atoms.